The van der Waals surface area contributed by atoms with Gasteiger partial charge in [-0.1, -0.05) is 30.1 Å². The molecule has 1 saturated heterocycles. The lowest BCUT2D eigenvalue weighted by Gasteiger charge is -2.22. The van der Waals surface area contributed by atoms with E-state index in [1.807, 2.05) is 13.8 Å². The van der Waals surface area contributed by atoms with Gasteiger partial charge in [0.15, 0.2) is 0 Å². The quantitative estimate of drug-likeness (QED) is 0.696. The van der Waals surface area contributed by atoms with Gasteiger partial charge < -0.3 is 19.7 Å². The van der Waals surface area contributed by atoms with Crippen molar-refractivity contribution in [3.63, 3.8) is 0 Å². The van der Waals surface area contributed by atoms with E-state index in [1.54, 1.807) is 30.1 Å². The molecule has 2 aromatic rings. The van der Waals surface area contributed by atoms with Gasteiger partial charge in [0.05, 0.1) is 36.5 Å². The van der Waals surface area contributed by atoms with E-state index in [4.69, 9.17) is 37.7 Å². The minimum atomic E-state index is -0.427. The molecule has 1 amide bonds. The standard InChI is InChI=1S/C21H26Cl2N4O4/c1-5-15-18(24-16-10-27(21(29)30-4)11-17(16)31-6-2)20(28)26(3)19(25-15)13-8-7-12(22)9-14(13)23/h7-9,16-17,24H,5-6,10-11H2,1-4H3/t16?,17-/m0/s1. The number of nitrogens with one attached hydrogen (secondary N) is 1. The number of nitrogens with zero attached hydrogens (tertiary/aromatic N) is 3. The van der Waals surface area contributed by atoms with Crippen LogP contribution in [-0.4, -0.2) is 59.5 Å². The first-order valence-corrected chi connectivity index (χ1v) is 10.8. The van der Waals surface area contributed by atoms with Crippen molar-refractivity contribution in [2.75, 3.05) is 32.1 Å². The molecule has 168 valence electrons. The lowest BCUT2D eigenvalue weighted by molar-refractivity contribution is 0.0614. The minimum Gasteiger partial charge on any atom is -0.453 e. The van der Waals surface area contributed by atoms with Gasteiger partial charge in [-0.15, -0.1) is 0 Å². The van der Waals surface area contributed by atoms with E-state index in [9.17, 15) is 9.59 Å². The van der Waals surface area contributed by atoms with Crippen LogP contribution in [0.5, 0.6) is 0 Å². The number of anilines is 1. The maximum Gasteiger partial charge on any atom is 0.409 e. The topological polar surface area (TPSA) is 85.7 Å². The number of aromatic nitrogens is 2. The second kappa shape index (κ2) is 9.89. The van der Waals surface area contributed by atoms with Gasteiger partial charge in [-0.3, -0.25) is 9.36 Å². The Hall–Kier alpha value is -2.29. The number of benzene rings is 1. The number of ether oxygens (including phenoxy) is 2. The van der Waals surface area contributed by atoms with Gasteiger partial charge in [0, 0.05) is 30.8 Å². The highest BCUT2D eigenvalue weighted by molar-refractivity contribution is 6.36. The molecule has 1 unspecified atom stereocenters. The van der Waals surface area contributed by atoms with E-state index in [2.05, 4.69) is 5.32 Å². The normalized spacial score (nSPS) is 18.3. The number of hydrogen-bond acceptors (Lipinski definition) is 6. The van der Waals surface area contributed by atoms with Crippen LogP contribution < -0.4 is 10.9 Å². The van der Waals surface area contributed by atoms with Crippen LogP contribution in [0, 0.1) is 0 Å². The summed E-state index contributed by atoms with van der Waals surface area (Å²) in [6, 6.07) is 4.80. The van der Waals surface area contributed by atoms with Crippen LogP contribution in [0.4, 0.5) is 10.5 Å². The van der Waals surface area contributed by atoms with Gasteiger partial charge in [0.2, 0.25) is 0 Å². The number of halogens is 2. The third-order valence-electron chi connectivity index (χ3n) is 5.28. The van der Waals surface area contributed by atoms with Crippen LogP contribution in [-0.2, 0) is 22.9 Å². The summed E-state index contributed by atoms with van der Waals surface area (Å²) in [4.78, 5) is 31.6. The molecule has 2 heterocycles. The molecule has 1 N–H and O–H groups in total. The van der Waals surface area contributed by atoms with Crippen molar-refractivity contribution >= 4 is 35.0 Å². The molecular weight excluding hydrogens is 443 g/mol. The van der Waals surface area contributed by atoms with E-state index in [0.29, 0.717) is 58.9 Å². The number of likely N-dealkylation sites (tertiary alicyclic amines) is 1. The monoisotopic (exact) mass is 468 g/mol. The number of carbonyl (C=O) groups is 1. The number of rotatable bonds is 6. The summed E-state index contributed by atoms with van der Waals surface area (Å²) in [5, 5.41) is 4.21. The van der Waals surface area contributed by atoms with Crippen LogP contribution in [0.3, 0.4) is 0 Å². The summed E-state index contributed by atoms with van der Waals surface area (Å²) in [6.45, 7) is 5.04. The number of carbonyl (C=O) groups excluding carboxylic acids is 1. The molecule has 1 aromatic heterocycles. The lowest BCUT2D eigenvalue weighted by Crippen LogP contribution is -2.38. The fraction of sp³-hybridized carbons (Fsp3) is 0.476. The first-order valence-electron chi connectivity index (χ1n) is 10.1. The van der Waals surface area contributed by atoms with E-state index in [0.717, 1.165) is 0 Å². The molecule has 0 spiro atoms. The number of amides is 1. The lowest BCUT2D eigenvalue weighted by atomic mass is 10.1. The molecule has 0 bridgehead atoms. The van der Waals surface area contributed by atoms with Crippen LogP contribution >= 0.6 is 23.2 Å². The SMILES string of the molecule is CCO[C@H]1CN(C(=O)OC)CC1Nc1c(CC)nc(-c2ccc(Cl)cc2Cl)n(C)c1=O. The molecule has 0 saturated carbocycles. The maximum atomic E-state index is 13.3. The minimum absolute atomic E-state index is 0.236. The van der Waals surface area contributed by atoms with E-state index in [-0.39, 0.29) is 17.7 Å². The summed E-state index contributed by atoms with van der Waals surface area (Å²) < 4.78 is 12.1. The molecule has 2 atom stereocenters. The summed E-state index contributed by atoms with van der Waals surface area (Å²) in [5.41, 5.74) is 1.38. The largest absolute Gasteiger partial charge is 0.453 e. The fourth-order valence-corrected chi connectivity index (χ4v) is 4.21. The number of methoxy groups -OCH3 is 1. The van der Waals surface area contributed by atoms with Gasteiger partial charge >= 0.3 is 6.09 Å². The van der Waals surface area contributed by atoms with Crippen LogP contribution in [0.1, 0.15) is 19.5 Å². The first-order chi connectivity index (χ1) is 14.8. The fourth-order valence-electron chi connectivity index (χ4n) is 3.72. The first kappa shape index (κ1) is 23.4. The molecule has 1 aromatic carbocycles. The molecule has 8 nitrogen and oxygen atoms in total. The van der Waals surface area contributed by atoms with Gasteiger partial charge in [0.25, 0.3) is 5.56 Å². The maximum absolute atomic E-state index is 13.3. The molecule has 1 aliphatic heterocycles. The highest BCUT2D eigenvalue weighted by atomic mass is 35.5. The summed E-state index contributed by atoms with van der Waals surface area (Å²) in [6.07, 6.45) is -0.170. The third-order valence-corrected chi connectivity index (χ3v) is 5.83. The van der Waals surface area contributed by atoms with E-state index in [1.165, 1.54) is 11.7 Å². The Labute approximate surface area is 191 Å². The van der Waals surface area contributed by atoms with Crippen LogP contribution in [0.2, 0.25) is 10.0 Å². The molecule has 0 aliphatic carbocycles. The Morgan fingerprint density at radius 3 is 2.65 bits per heavy atom. The van der Waals surface area contributed by atoms with Gasteiger partial charge in [-0.05, 0) is 31.5 Å². The van der Waals surface area contributed by atoms with Crippen LogP contribution in [0.25, 0.3) is 11.4 Å². The van der Waals surface area contributed by atoms with E-state index >= 15 is 0 Å². The third kappa shape index (κ3) is 4.81. The zero-order chi connectivity index (χ0) is 22.7. The average molecular weight is 469 g/mol. The number of hydrogen-bond donors (Lipinski definition) is 1. The second-order valence-corrected chi connectivity index (χ2v) is 8.06. The molecule has 31 heavy (non-hydrogen) atoms. The predicted molar refractivity (Wildman–Crippen MR) is 121 cm³/mol. The van der Waals surface area contributed by atoms with Crippen molar-refractivity contribution in [3.8, 4) is 11.4 Å². The van der Waals surface area contributed by atoms with Crippen molar-refractivity contribution in [3.05, 3.63) is 44.3 Å². The Bertz CT molecular complexity index is 1030. The molecule has 1 fully saturated rings. The molecule has 10 heteroatoms. The zero-order valence-electron chi connectivity index (χ0n) is 17.9. The van der Waals surface area contributed by atoms with Crippen molar-refractivity contribution in [1.82, 2.24) is 14.5 Å². The molecular formula is C21H26Cl2N4O4. The highest BCUT2D eigenvalue weighted by Crippen LogP contribution is 2.30. The molecule has 1 aliphatic rings. The second-order valence-electron chi connectivity index (χ2n) is 7.22. The van der Waals surface area contributed by atoms with Crippen molar-refractivity contribution in [2.24, 2.45) is 7.05 Å². The smallest absolute Gasteiger partial charge is 0.409 e. The predicted octanol–water partition coefficient (Wildman–Crippen LogP) is 3.58. The highest BCUT2D eigenvalue weighted by Gasteiger charge is 2.37. The van der Waals surface area contributed by atoms with E-state index < -0.39 is 6.09 Å². The van der Waals surface area contributed by atoms with Gasteiger partial charge in [-0.25, -0.2) is 9.78 Å². The van der Waals surface area contributed by atoms with Crippen molar-refractivity contribution < 1.29 is 14.3 Å². The van der Waals surface area contributed by atoms with Crippen molar-refractivity contribution in [2.45, 2.75) is 32.4 Å². The van der Waals surface area contributed by atoms with Crippen LogP contribution in [0.15, 0.2) is 23.0 Å². The molecule has 3 rings (SSSR count). The Kier molecular flexibility index (Phi) is 7.46. The average Bonchev–Trinajstić information content (AvgIpc) is 3.14. The Morgan fingerprint density at radius 2 is 2.03 bits per heavy atom. The molecule has 0 radical (unpaired) electrons. The number of aryl methyl sites for hydroxylation is 1. The van der Waals surface area contributed by atoms with Gasteiger partial charge in [0.1, 0.15) is 11.5 Å². The summed E-state index contributed by atoms with van der Waals surface area (Å²) in [5.74, 6) is 0.457. The summed E-state index contributed by atoms with van der Waals surface area (Å²) in [7, 11) is 2.99. The Morgan fingerprint density at radius 1 is 1.29 bits per heavy atom. The Balaban J connectivity index is 1.99. The van der Waals surface area contributed by atoms with Crippen molar-refractivity contribution in [1.29, 1.82) is 0 Å². The zero-order valence-corrected chi connectivity index (χ0v) is 19.5. The van der Waals surface area contributed by atoms with Gasteiger partial charge in [-0.2, -0.15) is 0 Å². The summed E-state index contributed by atoms with van der Waals surface area (Å²) >= 11 is 12.4.